The number of rotatable bonds is 6. The molecule has 4 bridgehead atoms. The second kappa shape index (κ2) is 15.3. The van der Waals surface area contributed by atoms with Crippen LogP contribution in [0.1, 0.15) is 59.9 Å². The Balaban J connectivity index is 1.78. The van der Waals surface area contributed by atoms with Crippen LogP contribution >= 0.6 is 11.6 Å². The lowest BCUT2D eigenvalue weighted by Crippen LogP contribution is -2.63. The summed E-state index contributed by atoms with van der Waals surface area (Å²) in [5.74, 6) is -1.88. The molecule has 2 N–H and O–H groups in total. The molecule has 50 heavy (non-hydrogen) atoms. The Morgan fingerprint density at radius 1 is 1.20 bits per heavy atom. The summed E-state index contributed by atoms with van der Waals surface area (Å²) in [4.78, 5) is 55.8. The molecule has 3 aliphatic heterocycles. The molecule has 0 aromatic heterocycles. The monoisotopic (exact) mass is 719 g/mol. The van der Waals surface area contributed by atoms with Crippen LogP contribution in [-0.4, -0.2) is 104 Å². The number of alkyl carbamates (subject to hydrolysis) is 1. The lowest BCUT2D eigenvalue weighted by atomic mass is 9.83. The quantitative estimate of drug-likeness (QED) is 0.323. The maximum Gasteiger partial charge on any atom is 0.409 e. The van der Waals surface area contributed by atoms with E-state index in [4.69, 9.17) is 35.3 Å². The third-order valence-corrected chi connectivity index (χ3v) is 10.4. The molecule has 8 atom stereocenters. The van der Waals surface area contributed by atoms with Crippen molar-refractivity contribution >= 4 is 41.2 Å². The van der Waals surface area contributed by atoms with E-state index in [-0.39, 0.29) is 29.7 Å². The van der Waals surface area contributed by atoms with Crippen LogP contribution in [0.15, 0.2) is 35.9 Å². The van der Waals surface area contributed by atoms with E-state index in [0.29, 0.717) is 17.9 Å². The second-order valence-electron chi connectivity index (χ2n) is 14.0. The van der Waals surface area contributed by atoms with Crippen LogP contribution in [0.25, 0.3) is 0 Å². The summed E-state index contributed by atoms with van der Waals surface area (Å²) in [7, 11) is 6.02. The topological polar surface area (TPSA) is 156 Å². The molecule has 8 unspecified atom stereocenters. The number of nitrogens with zero attached hydrogens (tertiary/aromatic N) is 2. The van der Waals surface area contributed by atoms with Gasteiger partial charge in [0.15, 0.2) is 5.72 Å². The number of halogens is 1. The lowest BCUT2D eigenvalue weighted by Gasteiger charge is -2.42. The number of nitrogens with one attached hydrogen (secondary N) is 1. The van der Waals surface area contributed by atoms with Crippen LogP contribution in [0.4, 0.5) is 10.5 Å². The summed E-state index contributed by atoms with van der Waals surface area (Å²) >= 11 is 6.74. The summed E-state index contributed by atoms with van der Waals surface area (Å²) in [5, 5.41) is 14.4. The predicted octanol–water partition coefficient (Wildman–Crippen LogP) is 4.17. The molecule has 0 saturated carbocycles. The number of carbonyl (C=O) groups excluding carboxylic acids is 4. The number of fused-ring (bicyclic) bond motifs is 5. The number of methoxy groups -OCH3 is 2. The minimum absolute atomic E-state index is 0.0449. The van der Waals surface area contributed by atoms with Gasteiger partial charge in [-0.15, -0.1) is 0 Å². The third-order valence-electron chi connectivity index (χ3n) is 9.97. The molecule has 4 rings (SSSR count). The van der Waals surface area contributed by atoms with Crippen molar-refractivity contribution in [3.8, 4) is 5.75 Å². The van der Waals surface area contributed by atoms with Crippen LogP contribution in [0.2, 0.25) is 5.02 Å². The number of hydrogen-bond acceptors (Lipinski definition) is 10. The van der Waals surface area contributed by atoms with Gasteiger partial charge >= 0.3 is 12.1 Å². The van der Waals surface area contributed by atoms with Gasteiger partial charge in [-0.1, -0.05) is 56.2 Å². The Labute approximate surface area is 298 Å². The molecule has 276 valence electrons. The molecule has 3 aliphatic rings. The van der Waals surface area contributed by atoms with Crippen molar-refractivity contribution in [1.82, 2.24) is 10.2 Å². The number of ether oxygens (including phenoxy) is 5. The molecule has 2 saturated heterocycles. The van der Waals surface area contributed by atoms with Crippen molar-refractivity contribution in [1.29, 1.82) is 0 Å². The first-order valence-electron chi connectivity index (χ1n) is 16.7. The molecule has 3 amide bonds. The highest BCUT2D eigenvalue weighted by Crippen LogP contribution is 2.49. The van der Waals surface area contributed by atoms with Gasteiger partial charge in [0, 0.05) is 39.5 Å². The van der Waals surface area contributed by atoms with Crippen molar-refractivity contribution in [3.63, 3.8) is 0 Å². The van der Waals surface area contributed by atoms with Crippen molar-refractivity contribution < 1.29 is 48.0 Å². The maximum atomic E-state index is 14.1. The number of benzene rings is 1. The average Bonchev–Trinajstić information content (AvgIpc) is 3.76. The van der Waals surface area contributed by atoms with Gasteiger partial charge in [0.1, 0.15) is 40.7 Å². The smallest absolute Gasteiger partial charge is 0.409 e. The maximum absolute atomic E-state index is 14.1. The fourth-order valence-corrected chi connectivity index (χ4v) is 6.91. The highest BCUT2D eigenvalue weighted by molar-refractivity contribution is 6.35. The van der Waals surface area contributed by atoms with Gasteiger partial charge in [-0.05, 0) is 44.9 Å². The molecule has 0 radical (unpaired) electrons. The fraction of sp³-hybridized carbons (Fsp3) is 0.611. The van der Waals surface area contributed by atoms with E-state index in [0.717, 1.165) is 11.1 Å². The molecule has 0 spiro atoms. The van der Waals surface area contributed by atoms with Crippen LogP contribution in [0.3, 0.4) is 0 Å². The molecular weight excluding hydrogens is 670 g/mol. The molecule has 0 aliphatic carbocycles. The number of aliphatic hydroxyl groups is 1. The van der Waals surface area contributed by atoms with Crippen molar-refractivity contribution in [2.24, 2.45) is 11.8 Å². The number of anilines is 1. The van der Waals surface area contributed by atoms with Gasteiger partial charge in [-0.2, -0.15) is 0 Å². The van der Waals surface area contributed by atoms with Crippen molar-refractivity contribution in [2.75, 3.05) is 33.2 Å². The number of carbonyl (C=O) groups is 4. The normalized spacial score (nSPS) is 32.5. The number of likely N-dealkylation sites (N-methyl/N-ethyl adjacent to an activating group) is 1. The van der Waals surface area contributed by atoms with Crippen LogP contribution in [-0.2, 0) is 39.8 Å². The van der Waals surface area contributed by atoms with Gasteiger partial charge in [-0.3, -0.25) is 14.9 Å². The Morgan fingerprint density at radius 3 is 2.50 bits per heavy atom. The molecular formula is C36H50ClN3O10. The molecule has 1 aromatic rings. The first-order chi connectivity index (χ1) is 23.4. The number of epoxide rings is 1. The largest absolute Gasteiger partial charge is 0.495 e. The van der Waals surface area contributed by atoms with E-state index in [2.05, 4.69) is 5.32 Å². The SMILES string of the molecule is COc1cc2cc(c1Cl)N(C)C(=O)CC(OC(=O)C(C)N(C)C(=O)C(C)C)C1(C)OC1C(C)C1CC(O)(NC(=O)O1)C(OC)/C=C\C=C(\C)C2. The minimum Gasteiger partial charge on any atom is -0.495 e. The first kappa shape index (κ1) is 39.1. The number of hydrogen-bond donors (Lipinski definition) is 2. The van der Waals surface area contributed by atoms with Crippen LogP contribution < -0.4 is 15.0 Å². The summed E-state index contributed by atoms with van der Waals surface area (Å²) in [6, 6.07) is 2.63. The zero-order valence-corrected chi connectivity index (χ0v) is 31.2. The van der Waals surface area contributed by atoms with E-state index >= 15 is 0 Å². The lowest BCUT2D eigenvalue weighted by molar-refractivity contribution is -0.162. The Bertz CT molecular complexity index is 1550. The van der Waals surface area contributed by atoms with Gasteiger partial charge in [0.05, 0.1) is 25.3 Å². The average molecular weight is 720 g/mol. The zero-order chi connectivity index (χ0) is 37.3. The Hall–Kier alpha value is -3.65. The van der Waals surface area contributed by atoms with Crippen molar-refractivity contribution in [2.45, 2.75) is 103 Å². The van der Waals surface area contributed by atoms with E-state index in [9.17, 15) is 24.3 Å². The summed E-state index contributed by atoms with van der Waals surface area (Å²) < 4.78 is 29.1. The highest BCUT2D eigenvalue weighted by Gasteiger charge is 2.64. The van der Waals surface area contributed by atoms with E-state index in [1.165, 1.54) is 31.1 Å². The fourth-order valence-electron chi connectivity index (χ4n) is 6.60. The van der Waals surface area contributed by atoms with Crippen LogP contribution in [0, 0.1) is 11.8 Å². The Morgan fingerprint density at radius 2 is 1.88 bits per heavy atom. The predicted molar refractivity (Wildman–Crippen MR) is 186 cm³/mol. The highest BCUT2D eigenvalue weighted by atomic mass is 35.5. The van der Waals surface area contributed by atoms with Gasteiger partial charge in [0.2, 0.25) is 11.8 Å². The minimum atomic E-state index is -1.82. The van der Waals surface area contributed by atoms with Gasteiger partial charge in [-0.25, -0.2) is 9.59 Å². The van der Waals surface area contributed by atoms with Gasteiger partial charge < -0.3 is 38.6 Å². The number of amides is 3. The number of allylic oxidation sites excluding steroid dienone is 3. The summed E-state index contributed by atoms with van der Waals surface area (Å²) in [6.45, 7) is 10.5. The Kier molecular flexibility index (Phi) is 12.0. The second-order valence-corrected chi connectivity index (χ2v) is 14.4. The molecule has 1 aromatic carbocycles. The molecule has 14 heteroatoms. The molecule has 3 heterocycles. The standard InChI is InChI=1S/C36H50ClN3O10/c1-19(2)32(42)39(7)22(5)33(43)49-28-17-29(41)40(8)24-15-23(16-25(46-9)30(24)37)14-20(3)12-11-13-27(47-10)36(45)18-26(48-34(44)38-36)21(4)31-35(28,6)50-31/h11-13,15-16,19,21-22,26-28,31,45H,14,17-18H2,1-10H3,(H,38,44)/b13-11-,20-12-. The first-order valence-corrected chi connectivity index (χ1v) is 17.1. The van der Waals surface area contributed by atoms with Crippen LogP contribution in [0.5, 0.6) is 5.75 Å². The summed E-state index contributed by atoms with van der Waals surface area (Å²) in [5.41, 5.74) is -0.881. The van der Waals surface area contributed by atoms with E-state index < -0.39 is 65.7 Å². The summed E-state index contributed by atoms with van der Waals surface area (Å²) in [6.07, 6.45) is 1.00. The molecule has 2 fully saturated rings. The molecule has 13 nitrogen and oxygen atoms in total. The van der Waals surface area contributed by atoms with Crippen molar-refractivity contribution in [3.05, 3.63) is 46.5 Å². The number of esters is 1. The van der Waals surface area contributed by atoms with E-state index in [1.807, 2.05) is 13.0 Å². The zero-order valence-electron chi connectivity index (χ0n) is 30.4. The van der Waals surface area contributed by atoms with Gasteiger partial charge in [0.25, 0.3) is 0 Å². The third kappa shape index (κ3) is 8.11. The van der Waals surface area contributed by atoms with E-state index in [1.54, 1.807) is 66.0 Å².